The summed E-state index contributed by atoms with van der Waals surface area (Å²) in [6.45, 7) is 0. The van der Waals surface area contributed by atoms with Crippen molar-refractivity contribution in [2.75, 3.05) is 6.26 Å². The summed E-state index contributed by atoms with van der Waals surface area (Å²) in [4.78, 5) is 16.0. The molecule has 3 aromatic rings. The second-order valence-electron chi connectivity index (χ2n) is 5.81. The number of nitrogens with one attached hydrogen (secondary N) is 2. The number of hydrogen-bond acceptors (Lipinski definition) is 3. The molecule has 0 bridgehead atoms. The van der Waals surface area contributed by atoms with Gasteiger partial charge in [-0.15, -0.1) is 11.8 Å². The van der Waals surface area contributed by atoms with E-state index in [-0.39, 0.29) is 5.91 Å². The molecule has 0 radical (unpaired) electrons. The van der Waals surface area contributed by atoms with Crippen LogP contribution in [-0.4, -0.2) is 22.9 Å². The molecule has 1 aliphatic rings. The van der Waals surface area contributed by atoms with Crippen molar-refractivity contribution < 1.29 is 4.79 Å². The second kappa shape index (κ2) is 6.17. The molecule has 1 aromatic heterocycles. The molecule has 0 fully saturated rings. The Kier molecular flexibility index (Phi) is 3.86. The fraction of sp³-hybridized carbons (Fsp3) is 0.158. The monoisotopic (exact) mass is 335 g/mol. The van der Waals surface area contributed by atoms with Gasteiger partial charge in [-0.2, -0.15) is 5.10 Å². The van der Waals surface area contributed by atoms with E-state index >= 15 is 0 Å². The molecule has 2 heterocycles. The zero-order valence-electron chi connectivity index (χ0n) is 13.3. The molecular weight excluding hydrogens is 318 g/mol. The lowest BCUT2D eigenvalue weighted by molar-refractivity contribution is -0.121. The molecule has 0 atom stereocenters. The van der Waals surface area contributed by atoms with Crippen LogP contribution in [0.2, 0.25) is 0 Å². The van der Waals surface area contributed by atoms with Gasteiger partial charge in [-0.3, -0.25) is 4.79 Å². The first-order valence-electron chi connectivity index (χ1n) is 7.86. The first kappa shape index (κ1) is 15.0. The van der Waals surface area contributed by atoms with Gasteiger partial charge in [0, 0.05) is 34.3 Å². The third kappa shape index (κ3) is 2.83. The maximum absolute atomic E-state index is 11.2. The summed E-state index contributed by atoms with van der Waals surface area (Å²) < 4.78 is 0. The number of rotatable bonds is 3. The summed E-state index contributed by atoms with van der Waals surface area (Å²) in [6.07, 6.45) is 3.26. The van der Waals surface area contributed by atoms with E-state index in [2.05, 4.69) is 70.3 Å². The van der Waals surface area contributed by atoms with Crippen molar-refractivity contribution >= 4 is 34.3 Å². The van der Waals surface area contributed by atoms with Gasteiger partial charge < -0.3 is 4.98 Å². The average Bonchev–Trinajstić information content (AvgIpc) is 3.05. The highest BCUT2D eigenvalue weighted by molar-refractivity contribution is 7.98. The Morgan fingerprint density at radius 1 is 1.00 bits per heavy atom. The summed E-state index contributed by atoms with van der Waals surface area (Å²) >= 11 is 1.74. The summed E-state index contributed by atoms with van der Waals surface area (Å²) in [6, 6.07) is 17.0. The third-order valence-electron chi connectivity index (χ3n) is 4.26. The molecule has 0 saturated carbocycles. The van der Waals surface area contributed by atoms with Crippen LogP contribution in [0.3, 0.4) is 0 Å². The minimum absolute atomic E-state index is 0.0163. The Bertz CT molecular complexity index is 941. The number of thioether (sulfide) groups is 1. The predicted molar refractivity (Wildman–Crippen MR) is 99.4 cm³/mol. The van der Waals surface area contributed by atoms with Crippen LogP contribution < -0.4 is 5.43 Å². The van der Waals surface area contributed by atoms with Gasteiger partial charge >= 0.3 is 0 Å². The van der Waals surface area contributed by atoms with Gasteiger partial charge in [0.15, 0.2) is 0 Å². The summed E-state index contributed by atoms with van der Waals surface area (Å²) in [7, 11) is 0. The molecule has 2 N–H and O–H groups in total. The van der Waals surface area contributed by atoms with Gasteiger partial charge in [0.05, 0.1) is 5.71 Å². The molecule has 1 aliphatic heterocycles. The molecule has 1 amide bonds. The van der Waals surface area contributed by atoms with Crippen LogP contribution in [0.25, 0.3) is 22.2 Å². The topological polar surface area (TPSA) is 57.2 Å². The van der Waals surface area contributed by atoms with Crippen LogP contribution in [0.15, 0.2) is 58.5 Å². The Morgan fingerprint density at radius 3 is 2.50 bits per heavy atom. The van der Waals surface area contributed by atoms with E-state index in [4.69, 9.17) is 0 Å². The first-order chi connectivity index (χ1) is 11.7. The first-order valence-corrected chi connectivity index (χ1v) is 9.08. The second-order valence-corrected chi connectivity index (χ2v) is 6.69. The molecule has 0 aliphatic carbocycles. The number of benzene rings is 2. The van der Waals surface area contributed by atoms with Gasteiger partial charge in [-0.1, -0.05) is 18.2 Å². The van der Waals surface area contributed by atoms with Crippen molar-refractivity contribution in [2.24, 2.45) is 5.10 Å². The van der Waals surface area contributed by atoms with E-state index in [9.17, 15) is 4.79 Å². The van der Waals surface area contributed by atoms with Crippen molar-refractivity contribution in [3.8, 4) is 11.3 Å². The molecule has 2 aromatic carbocycles. The van der Waals surface area contributed by atoms with E-state index in [1.165, 1.54) is 10.5 Å². The molecule has 4 nitrogen and oxygen atoms in total. The molecule has 0 spiro atoms. The van der Waals surface area contributed by atoms with Crippen molar-refractivity contribution in [3.05, 3.63) is 54.1 Å². The van der Waals surface area contributed by atoms with E-state index < -0.39 is 0 Å². The van der Waals surface area contributed by atoms with Gasteiger partial charge in [-0.05, 0) is 47.7 Å². The molecule has 120 valence electrons. The standard InChI is InChI=1S/C19H17N3OS/c1-24-15-5-2-12(3-6-15)18-11-14-10-13(4-7-16(14)20-18)17-8-9-19(23)22-21-17/h2-7,10-11,20H,8-9H2,1H3,(H,22,23). The molecular formula is C19H17N3OS. The predicted octanol–water partition coefficient (Wildman–Crippen LogP) is 4.17. The summed E-state index contributed by atoms with van der Waals surface area (Å²) in [5.41, 5.74) is 7.93. The molecule has 24 heavy (non-hydrogen) atoms. The van der Waals surface area contributed by atoms with Crippen LogP contribution in [0.5, 0.6) is 0 Å². The number of fused-ring (bicyclic) bond motifs is 1. The van der Waals surface area contributed by atoms with Gasteiger partial charge in [0.25, 0.3) is 0 Å². The largest absolute Gasteiger partial charge is 0.355 e. The zero-order chi connectivity index (χ0) is 16.5. The highest BCUT2D eigenvalue weighted by Crippen LogP contribution is 2.27. The van der Waals surface area contributed by atoms with Crippen LogP contribution in [0.1, 0.15) is 18.4 Å². The molecule has 0 unspecified atom stereocenters. The minimum atomic E-state index is -0.0163. The van der Waals surface area contributed by atoms with Crippen LogP contribution in [0.4, 0.5) is 0 Å². The molecule has 4 rings (SSSR count). The number of hydrazone groups is 1. The lowest BCUT2D eigenvalue weighted by atomic mass is 10.0. The lowest BCUT2D eigenvalue weighted by Crippen LogP contribution is -2.25. The number of amides is 1. The van der Waals surface area contributed by atoms with Crippen molar-refractivity contribution in [1.82, 2.24) is 10.4 Å². The highest BCUT2D eigenvalue weighted by atomic mass is 32.2. The quantitative estimate of drug-likeness (QED) is 0.706. The number of carbonyl (C=O) groups excluding carboxylic acids is 1. The maximum Gasteiger partial charge on any atom is 0.240 e. The number of hydrogen-bond donors (Lipinski definition) is 2. The maximum atomic E-state index is 11.2. The number of aromatic amines is 1. The van der Waals surface area contributed by atoms with Gasteiger partial charge in [0.1, 0.15) is 0 Å². The Morgan fingerprint density at radius 2 is 1.79 bits per heavy atom. The van der Waals surface area contributed by atoms with E-state index in [1.807, 2.05) is 0 Å². The van der Waals surface area contributed by atoms with Crippen LogP contribution in [0, 0.1) is 0 Å². The van der Waals surface area contributed by atoms with Crippen molar-refractivity contribution in [3.63, 3.8) is 0 Å². The Balaban J connectivity index is 1.69. The van der Waals surface area contributed by atoms with Crippen LogP contribution >= 0.6 is 11.8 Å². The van der Waals surface area contributed by atoms with Crippen molar-refractivity contribution in [1.29, 1.82) is 0 Å². The lowest BCUT2D eigenvalue weighted by Gasteiger charge is -2.11. The number of H-pyrrole nitrogens is 1. The zero-order valence-corrected chi connectivity index (χ0v) is 14.1. The third-order valence-corrected chi connectivity index (χ3v) is 5.00. The highest BCUT2D eigenvalue weighted by Gasteiger charge is 2.14. The fourth-order valence-corrected chi connectivity index (χ4v) is 3.33. The number of aromatic nitrogens is 1. The van der Waals surface area contributed by atoms with E-state index in [1.54, 1.807) is 11.8 Å². The van der Waals surface area contributed by atoms with Crippen LogP contribution in [-0.2, 0) is 4.79 Å². The SMILES string of the molecule is CSc1ccc(-c2cc3cc(C4=NNC(=O)CC4)ccc3[nH]2)cc1. The van der Waals surface area contributed by atoms with Crippen molar-refractivity contribution in [2.45, 2.75) is 17.7 Å². The smallest absolute Gasteiger partial charge is 0.240 e. The Labute approximate surface area is 144 Å². The summed E-state index contributed by atoms with van der Waals surface area (Å²) in [5.74, 6) is -0.0163. The summed E-state index contributed by atoms with van der Waals surface area (Å²) in [5, 5.41) is 5.33. The van der Waals surface area contributed by atoms with Gasteiger partial charge in [0.2, 0.25) is 5.91 Å². The average molecular weight is 335 g/mol. The number of carbonyl (C=O) groups is 1. The van der Waals surface area contributed by atoms with Gasteiger partial charge in [-0.25, -0.2) is 5.43 Å². The Hall–Kier alpha value is -2.53. The molecule has 0 saturated heterocycles. The van der Waals surface area contributed by atoms with E-state index in [0.717, 1.165) is 27.9 Å². The molecule has 5 heteroatoms. The van der Waals surface area contributed by atoms with E-state index in [0.29, 0.717) is 12.8 Å². The minimum Gasteiger partial charge on any atom is -0.355 e. The number of nitrogens with zero attached hydrogens (tertiary/aromatic N) is 1. The fourth-order valence-electron chi connectivity index (χ4n) is 2.92. The normalized spacial score (nSPS) is 14.5.